The first-order valence-corrected chi connectivity index (χ1v) is 28.3. The minimum atomic E-state index is -1.66. The van der Waals surface area contributed by atoms with E-state index in [2.05, 4.69) is 25.9 Å². The Morgan fingerprint density at radius 3 is 1.84 bits per heavy atom. The number of aromatic hydroxyl groups is 2. The molecule has 2 bridgehead atoms. The van der Waals surface area contributed by atoms with Crippen molar-refractivity contribution in [3.63, 3.8) is 0 Å². The molecular weight excluding hydrogens is 1060 g/mol. The lowest BCUT2D eigenvalue weighted by Gasteiger charge is -2.40. The molecule has 0 radical (unpaired) electrons. The van der Waals surface area contributed by atoms with Gasteiger partial charge in [0.05, 0.1) is 27.6 Å². The lowest BCUT2D eigenvalue weighted by Crippen LogP contribution is -2.60. The molecule has 2 spiro atoms. The number of Topliss-reactive ketones (excluding diaryl/α,β-unsaturated/α-hetero) is 1. The number of fused-ring (bicyclic) bond motifs is 6. The normalized spacial score (nSPS) is 30.0. The van der Waals surface area contributed by atoms with Crippen LogP contribution in [0.25, 0.3) is 21.8 Å². The number of thioether (sulfide) groups is 2. The maximum absolute atomic E-state index is 15.5. The maximum atomic E-state index is 15.5. The molecule has 11 unspecified atom stereocenters. The minimum Gasteiger partial charge on any atom is -0.506 e. The van der Waals surface area contributed by atoms with Gasteiger partial charge >= 0.3 is 11.9 Å². The zero-order valence-electron chi connectivity index (χ0n) is 45.5. The number of ether oxygens (including phenoxy) is 2. The molecule has 2 aromatic heterocycles. The summed E-state index contributed by atoms with van der Waals surface area (Å²) in [4.78, 5) is 145. The standard InChI is InChI=1S/C55H67N9O13S2/c1-10-78-51-44-50(73)64(9)55(23-29(55)3)53(75)77-26-38(60-47(70)43-41(67)20-33-16-12-14-18-37(33)59-43)46(69)57-30(4)48(71)62(7)35(27-79-51)24-61(6)54(22-28(54)2)52(74)76-25-34(45(68)56-31(5)49(72)63(44)8)21-40(66)42-39(65)19-32-15-11-13-17-36(32)58-42/h11-20,28-31,34-35,38,44,51,65,67H,10,21-27H2,1-9H3,(H,56,68)(H,57,69)(H,60,70). The molecule has 22 nitrogen and oxygen atoms in total. The van der Waals surface area contributed by atoms with E-state index < -0.39 is 148 Å². The number of hydrogen-bond acceptors (Lipinski definition) is 18. The molecule has 4 fully saturated rings. The van der Waals surface area contributed by atoms with E-state index in [4.69, 9.17) is 9.47 Å². The van der Waals surface area contributed by atoms with E-state index in [0.29, 0.717) is 34.0 Å². The molecule has 11 atom stereocenters. The average molecular weight is 1130 g/mol. The number of carbonyl (C=O) groups is 9. The third kappa shape index (κ3) is 11.5. The summed E-state index contributed by atoms with van der Waals surface area (Å²) in [5.74, 6) is -9.63. The van der Waals surface area contributed by atoms with Gasteiger partial charge in [0.1, 0.15) is 65.7 Å². The molecule has 2 aliphatic heterocycles. The zero-order chi connectivity index (χ0) is 57.4. The van der Waals surface area contributed by atoms with Crippen LogP contribution in [0, 0.1) is 17.8 Å². The van der Waals surface area contributed by atoms with Crippen molar-refractivity contribution >= 4 is 98.5 Å². The third-order valence-electron chi connectivity index (χ3n) is 15.9. The first-order chi connectivity index (χ1) is 37.4. The minimum absolute atomic E-state index is 0.0301. The van der Waals surface area contributed by atoms with Crippen LogP contribution in [-0.2, 0) is 43.0 Å². The maximum Gasteiger partial charge on any atom is 0.332 e. The number of pyridine rings is 2. The number of nitrogens with one attached hydrogen (secondary N) is 3. The second kappa shape index (κ2) is 23.3. The van der Waals surface area contributed by atoms with Gasteiger partial charge in [-0.05, 0) is 75.6 Å². The molecule has 2 saturated carbocycles. The molecule has 2 saturated heterocycles. The fourth-order valence-electron chi connectivity index (χ4n) is 10.7. The van der Waals surface area contributed by atoms with Crippen molar-refractivity contribution in [2.45, 2.75) is 99.8 Å². The molecule has 422 valence electrons. The zero-order valence-corrected chi connectivity index (χ0v) is 47.1. The van der Waals surface area contributed by atoms with Crippen molar-refractivity contribution in [1.82, 2.24) is 45.5 Å². The van der Waals surface area contributed by atoms with Crippen molar-refractivity contribution in [2.24, 2.45) is 17.8 Å². The number of cyclic esters (lactones) is 2. The summed E-state index contributed by atoms with van der Waals surface area (Å²) in [7, 11) is 6.07. The van der Waals surface area contributed by atoms with E-state index >= 15 is 4.79 Å². The third-order valence-corrected chi connectivity index (χ3v) is 18.8. The molecule has 6 amide bonds. The number of amides is 6. The quantitative estimate of drug-likeness (QED) is 0.131. The number of esters is 2. The second-order valence-electron chi connectivity index (χ2n) is 21.1. The van der Waals surface area contributed by atoms with Gasteiger partial charge in [0.15, 0.2) is 11.5 Å². The van der Waals surface area contributed by atoms with Gasteiger partial charge in [-0.15, -0.1) is 23.5 Å². The predicted molar refractivity (Wildman–Crippen MR) is 294 cm³/mol. The molecule has 24 heteroatoms. The van der Waals surface area contributed by atoms with Gasteiger partial charge in [0.2, 0.25) is 29.5 Å². The molecule has 2 aromatic carbocycles. The van der Waals surface area contributed by atoms with Crippen LogP contribution in [0.15, 0.2) is 60.7 Å². The molecule has 2 aliphatic carbocycles. The Morgan fingerprint density at radius 2 is 1.25 bits per heavy atom. The van der Waals surface area contributed by atoms with Crippen molar-refractivity contribution in [1.29, 1.82) is 0 Å². The molecule has 4 aliphatic rings. The van der Waals surface area contributed by atoms with Gasteiger partial charge in [-0.25, -0.2) is 14.8 Å². The van der Waals surface area contributed by atoms with Crippen molar-refractivity contribution in [3.05, 3.63) is 72.1 Å². The predicted octanol–water partition coefficient (Wildman–Crippen LogP) is 2.72. The highest BCUT2D eigenvalue weighted by atomic mass is 32.2. The van der Waals surface area contributed by atoms with Crippen molar-refractivity contribution < 1.29 is 62.8 Å². The molecule has 5 N–H and O–H groups in total. The summed E-state index contributed by atoms with van der Waals surface area (Å²) >= 11 is 2.63. The van der Waals surface area contributed by atoms with Crippen molar-refractivity contribution in [2.75, 3.05) is 59.5 Å². The Labute approximate surface area is 465 Å². The fraction of sp³-hybridized carbons (Fsp3) is 0.509. The Hall–Kier alpha value is -7.05. The Bertz CT molecular complexity index is 3110. The number of benzene rings is 2. The van der Waals surface area contributed by atoms with Crippen LogP contribution in [0.3, 0.4) is 0 Å². The first-order valence-electron chi connectivity index (χ1n) is 26.2. The van der Waals surface area contributed by atoms with E-state index in [9.17, 15) is 48.6 Å². The van der Waals surface area contributed by atoms with Gasteiger partial charge in [-0.1, -0.05) is 57.2 Å². The number of likely N-dealkylation sites (N-methyl/N-ethyl adjacent to an activating group) is 4. The monoisotopic (exact) mass is 1130 g/mol. The SMILES string of the molecule is CCSC1SCC2CN(C)C3(CC3C)C(=O)OCC(CC(=O)c3nc4ccccc4cc3O)C(=O)NC(C)C(=O)N(C)C1C(=O)N(C)C1(CC1C)C(=O)OCC(NC(=O)c1nc3ccccc3cc1O)C(=O)NC(C)C(=O)N2C. The highest BCUT2D eigenvalue weighted by Crippen LogP contribution is 2.51. The Kier molecular flexibility index (Phi) is 17.2. The second-order valence-corrected chi connectivity index (χ2v) is 24.0. The van der Waals surface area contributed by atoms with E-state index in [-0.39, 0.29) is 30.3 Å². The largest absolute Gasteiger partial charge is 0.506 e. The van der Waals surface area contributed by atoms with Crippen LogP contribution in [0.2, 0.25) is 0 Å². The van der Waals surface area contributed by atoms with Crippen LogP contribution in [0.1, 0.15) is 74.9 Å². The number of hydrogen-bond donors (Lipinski definition) is 5. The Morgan fingerprint density at radius 1 is 0.734 bits per heavy atom. The summed E-state index contributed by atoms with van der Waals surface area (Å²) in [6.07, 6.45) is -0.144. The Balaban J connectivity index is 1.17. The molecule has 4 heterocycles. The van der Waals surface area contributed by atoms with Crippen LogP contribution in [0.4, 0.5) is 0 Å². The molecule has 4 aromatic rings. The summed E-state index contributed by atoms with van der Waals surface area (Å²) < 4.78 is 11.0. The number of nitrogens with zero attached hydrogens (tertiary/aromatic N) is 6. The van der Waals surface area contributed by atoms with E-state index in [1.165, 1.54) is 85.3 Å². The topological polar surface area (TPSA) is 287 Å². The van der Waals surface area contributed by atoms with Crippen LogP contribution in [-0.4, -0.2) is 198 Å². The summed E-state index contributed by atoms with van der Waals surface area (Å²) in [6.45, 7) is 6.95. The molecule has 8 rings (SSSR count). The smallest absolute Gasteiger partial charge is 0.332 e. The number of rotatable bonds is 7. The number of aromatic nitrogens is 2. The lowest BCUT2D eigenvalue weighted by atomic mass is 9.99. The first kappa shape index (κ1) is 58.1. The van der Waals surface area contributed by atoms with E-state index in [1.807, 2.05) is 13.8 Å². The van der Waals surface area contributed by atoms with E-state index in [1.54, 1.807) is 67.4 Å². The number of ketones is 1. The van der Waals surface area contributed by atoms with Gasteiger partial charge in [-0.3, -0.25) is 43.3 Å². The van der Waals surface area contributed by atoms with Gasteiger partial charge in [0, 0.05) is 50.6 Å². The summed E-state index contributed by atoms with van der Waals surface area (Å²) in [5.41, 5.74) is -2.82. The van der Waals surface area contributed by atoms with Gasteiger partial charge < -0.3 is 50.3 Å². The number of carbonyl (C=O) groups excluding carboxylic acids is 9. The van der Waals surface area contributed by atoms with Crippen LogP contribution in [0.5, 0.6) is 11.5 Å². The van der Waals surface area contributed by atoms with Crippen LogP contribution < -0.4 is 16.0 Å². The molecular formula is C55H67N9O13S2. The fourth-order valence-corrected chi connectivity index (χ4v) is 13.8. The van der Waals surface area contributed by atoms with Gasteiger partial charge in [0.25, 0.3) is 5.91 Å². The summed E-state index contributed by atoms with van der Waals surface area (Å²) in [6, 6.07) is 9.90. The van der Waals surface area contributed by atoms with Gasteiger partial charge in [-0.2, -0.15) is 0 Å². The highest BCUT2D eigenvalue weighted by Gasteiger charge is 2.65. The lowest BCUT2D eigenvalue weighted by molar-refractivity contribution is -0.160. The molecule has 79 heavy (non-hydrogen) atoms. The van der Waals surface area contributed by atoms with E-state index in [0.717, 1.165) is 0 Å². The highest BCUT2D eigenvalue weighted by molar-refractivity contribution is 8.17. The number of para-hydroxylation sites is 2. The summed E-state index contributed by atoms with van der Waals surface area (Å²) in [5, 5.41) is 30.8. The van der Waals surface area contributed by atoms with Crippen LogP contribution >= 0.6 is 23.5 Å². The van der Waals surface area contributed by atoms with Crippen molar-refractivity contribution in [3.8, 4) is 11.5 Å². The average Bonchev–Trinajstić information content (AvgIpc) is 4.50.